The van der Waals surface area contributed by atoms with Gasteiger partial charge in [0.1, 0.15) is 0 Å². The maximum absolute atomic E-state index is 11.8. The molecule has 2 atom stereocenters. The van der Waals surface area contributed by atoms with Crippen molar-refractivity contribution in [2.24, 2.45) is 10.9 Å². The summed E-state index contributed by atoms with van der Waals surface area (Å²) in [6, 6.07) is -0.00870. The van der Waals surface area contributed by atoms with E-state index in [1.54, 1.807) is 0 Å². The second-order valence-corrected chi connectivity index (χ2v) is 8.83. The van der Waals surface area contributed by atoms with Crippen molar-refractivity contribution in [2.75, 3.05) is 18.1 Å². The van der Waals surface area contributed by atoms with Crippen LogP contribution < -0.4 is 0 Å². The van der Waals surface area contributed by atoms with Crippen LogP contribution in [0.5, 0.6) is 0 Å². The molecular weight excluding hydrogens is 284 g/mol. The van der Waals surface area contributed by atoms with Crippen molar-refractivity contribution in [3.05, 3.63) is 0 Å². The number of thioether (sulfide) groups is 1. The lowest BCUT2D eigenvalue weighted by molar-refractivity contribution is -0.118. The molecule has 5 nitrogen and oxygen atoms in total. The Hall–Kier alpha value is -0.560. The molecule has 108 valence electrons. The molecule has 2 heterocycles. The summed E-state index contributed by atoms with van der Waals surface area (Å²) in [4.78, 5) is 17.9. The van der Waals surface area contributed by atoms with Gasteiger partial charge in [-0.1, -0.05) is 25.6 Å². The second kappa shape index (κ2) is 5.44. The van der Waals surface area contributed by atoms with E-state index >= 15 is 0 Å². The Labute approximate surface area is 118 Å². The number of hydrogen-bond donors (Lipinski definition) is 0. The van der Waals surface area contributed by atoms with Crippen LogP contribution in [0.15, 0.2) is 4.99 Å². The molecule has 0 aromatic carbocycles. The van der Waals surface area contributed by atoms with Gasteiger partial charge in [-0.2, -0.15) is 4.99 Å². The van der Waals surface area contributed by atoms with Crippen LogP contribution in [-0.4, -0.2) is 53.7 Å². The third-order valence-corrected chi connectivity index (χ3v) is 6.57. The Morgan fingerprint density at radius 2 is 2.16 bits per heavy atom. The summed E-state index contributed by atoms with van der Waals surface area (Å²) >= 11 is 1.45. The zero-order chi connectivity index (χ0) is 14.2. The number of nitrogens with zero attached hydrogens (tertiary/aromatic N) is 2. The molecule has 1 amide bonds. The van der Waals surface area contributed by atoms with Crippen molar-refractivity contribution in [2.45, 2.75) is 38.5 Å². The summed E-state index contributed by atoms with van der Waals surface area (Å²) < 4.78 is 23.3. The molecule has 2 aliphatic heterocycles. The SMILES string of the molecule is CCN1C(=NC(=O)CC(C)C)SC2CS(=O)(=O)CC21. The Morgan fingerprint density at radius 1 is 1.47 bits per heavy atom. The molecular formula is C12H20N2O3S2. The van der Waals surface area contributed by atoms with Crippen LogP contribution in [0.3, 0.4) is 0 Å². The van der Waals surface area contributed by atoms with Gasteiger partial charge >= 0.3 is 0 Å². The molecule has 0 aromatic rings. The number of fused-ring (bicyclic) bond motifs is 1. The van der Waals surface area contributed by atoms with Crippen LogP contribution in [0.4, 0.5) is 0 Å². The summed E-state index contributed by atoms with van der Waals surface area (Å²) in [5.41, 5.74) is 0. The maximum Gasteiger partial charge on any atom is 0.248 e. The van der Waals surface area contributed by atoms with Gasteiger partial charge < -0.3 is 4.90 Å². The van der Waals surface area contributed by atoms with Crippen molar-refractivity contribution >= 4 is 32.7 Å². The van der Waals surface area contributed by atoms with E-state index in [2.05, 4.69) is 4.99 Å². The van der Waals surface area contributed by atoms with Gasteiger partial charge in [-0.25, -0.2) is 8.42 Å². The molecule has 0 spiro atoms. The molecule has 2 fully saturated rings. The van der Waals surface area contributed by atoms with E-state index in [1.807, 2.05) is 25.7 Å². The minimum atomic E-state index is -2.92. The van der Waals surface area contributed by atoms with Crippen LogP contribution >= 0.6 is 11.8 Å². The van der Waals surface area contributed by atoms with Gasteiger partial charge in [-0.3, -0.25) is 4.79 Å². The van der Waals surface area contributed by atoms with Gasteiger partial charge in [0.25, 0.3) is 0 Å². The molecule has 2 unspecified atom stereocenters. The molecule has 0 radical (unpaired) electrons. The highest BCUT2D eigenvalue weighted by atomic mass is 32.2. The lowest BCUT2D eigenvalue weighted by Crippen LogP contribution is -2.37. The highest BCUT2D eigenvalue weighted by Gasteiger charge is 2.48. The number of carbonyl (C=O) groups excluding carboxylic acids is 1. The maximum atomic E-state index is 11.8. The van der Waals surface area contributed by atoms with Crippen molar-refractivity contribution in [3.8, 4) is 0 Å². The Kier molecular flexibility index (Phi) is 4.25. The van der Waals surface area contributed by atoms with Gasteiger partial charge in [-0.05, 0) is 12.8 Å². The normalized spacial score (nSPS) is 31.2. The zero-order valence-electron chi connectivity index (χ0n) is 11.5. The second-order valence-electron chi connectivity index (χ2n) is 5.47. The summed E-state index contributed by atoms with van der Waals surface area (Å²) in [5, 5.41) is 0.744. The lowest BCUT2D eigenvalue weighted by Gasteiger charge is -2.22. The first-order valence-electron chi connectivity index (χ1n) is 6.57. The van der Waals surface area contributed by atoms with Crippen molar-refractivity contribution in [3.63, 3.8) is 0 Å². The number of amidine groups is 1. The van der Waals surface area contributed by atoms with Crippen LogP contribution in [-0.2, 0) is 14.6 Å². The molecule has 0 aromatic heterocycles. The van der Waals surface area contributed by atoms with Gasteiger partial charge in [0.2, 0.25) is 5.91 Å². The Morgan fingerprint density at radius 3 is 2.74 bits per heavy atom. The fraction of sp³-hybridized carbons (Fsp3) is 0.833. The quantitative estimate of drug-likeness (QED) is 0.782. The van der Waals surface area contributed by atoms with Crippen LogP contribution in [0, 0.1) is 5.92 Å². The monoisotopic (exact) mass is 304 g/mol. The average molecular weight is 304 g/mol. The number of rotatable bonds is 3. The van der Waals surface area contributed by atoms with Gasteiger partial charge in [0.15, 0.2) is 15.0 Å². The van der Waals surface area contributed by atoms with Crippen molar-refractivity contribution < 1.29 is 13.2 Å². The van der Waals surface area contributed by atoms with E-state index in [-0.39, 0.29) is 28.7 Å². The van der Waals surface area contributed by atoms with E-state index in [4.69, 9.17) is 0 Å². The number of hydrogen-bond acceptors (Lipinski definition) is 4. The number of amides is 1. The van der Waals surface area contributed by atoms with Gasteiger partial charge in [0.05, 0.1) is 17.5 Å². The fourth-order valence-electron chi connectivity index (χ4n) is 2.51. The standard InChI is InChI=1S/C12H20N2O3S2/c1-4-14-9-6-19(16,17)7-10(9)18-12(14)13-11(15)5-8(2)3/h8-10H,4-7H2,1-3H3. The first-order valence-corrected chi connectivity index (χ1v) is 9.27. The van der Waals surface area contributed by atoms with Crippen LogP contribution in [0.2, 0.25) is 0 Å². The van der Waals surface area contributed by atoms with E-state index in [9.17, 15) is 13.2 Å². The van der Waals surface area contributed by atoms with Crippen LogP contribution in [0.1, 0.15) is 27.2 Å². The van der Waals surface area contributed by atoms with E-state index in [0.717, 1.165) is 0 Å². The molecule has 7 heteroatoms. The van der Waals surface area contributed by atoms with Gasteiger partial charge in [0, 0.05) is 18.2 Å². The predicted molar refractivity (Wildman–Crippen MR) is 78.1 cm³/mol. The largest absolute Gasteiger partial charge is 0.346 e. The third-order valence-electron chi connectivity index (χ3n) is 3.32. The summed E-state index contributed by atoms with van der Waals surface area (Å²) in [6.07, 6.45) is 0.440. The highest BCUT2D eigenvalue weighted by molar-refractivity contribution is 8.15. The summed E-state index contributed by atoms with van der Waals surface area (Å²) in [6.45, 7) is 6.63. The third kappa shape index (κ3) is 3.31. The first kappa shape index (κ1) is 14.8. The fourth-order valence-corrected chi connectivity index (χ4v) is 6.54. The summed E-state index contributed by atoms with van der Waals surface area (Å²) in [5.74, 6) is 0.573. The van der Waals surface area contributed by atoms with E-state index < -0.39 is 9.84 Å². The zero-order valence-corrected chi connectivity index (χ0v) is 13.1. The average Bonchev–Trinajstić information content (AvgIpc) is 2.67. The summed E-state index contributed by atoms with van der Waals surface area (Å²) in [7, 11) is -2.92. The van der Waals surface area contributed by atoms with Gasteiger partial charge in [-0.15, -0.1) is 0 Å². The molecule has 19 heavy (non-hydrogen) atoms. The predicted octanol–water partition coefficient (Wildman–Crippen LogP) is 1.15. The van der Waals surface area contributed by atoms with Crippen molar-refractivity contribution in [1.29, 1.82) is 0 Å². The minimum absolute atomic E-state index is 0.00870. The smallest absolute Gasteiger partial charge is 0.248 e. The van der Waals surface area contributed by atoms with E-state index in [1.165, 1.54) is 11.8 Å². The molecule has 2 saturated heterocycles. The topological polar surface area (TPSA) is 66.8 Å². The van der Waals surface area contributed by atoms with Crippen molar-refractivity contribution in [1.82, 2.24) is 4.90 Å². The molecule has 2 aliphatic rings. The highest BCUT2D eigenvalue weighted by Crippen LogP contribution is 2.37. The Balaban J connectivity index is 2.13. The molecule has 0 bridgehead atoms. The molecule has 0 N–H and O–H groups in total. The van der Waals surface area contributed by atoms with Crippen LogP contribution in [0.25, 0.3) is 0 Å². The minimum Gasteiger partial charge on any atom is -0.346 e. The number of carbonyl (C=O) groups is 1. The number of aliphatic imine (C=N–C) groups is 1. The Bertz CT molecular complexity index is 499. The lowest BCUT2D eigenvalue weighted by atomic mass is 10.1. The molecule has 0 saturated carbocycles. The number of sulfone groups is 1. The van der Waals surface area contributed by atoms with E-state index in [0.29, 0.717) is 24.1 Å². The molecule has 0 aliphatic carbocycles. The molecule has 2 rings (SSSR count). The first-order chi connectivity index (χ1) is 8.82.